The summed E-state index contributed by atoms with van der Waals surface area (Å²) in [4.78, 5) is 6.54. The molecule has 0 amide bonds. The van der Waals surface area contributed by atoms with E-state index in [0.29, 0.717) is 18.5 Å². The summed E-state index contributed by atoms with van der Waals surface area (Å²) in [5, 5.41) is 3.21. The van der Waals surface area contributed by atoms with Crippen LogP contribution in [0.1, 0.15) is 32.3 Å². The Hall–Kier alpha value is -0.920. The lowest BCUT2D eigenvalue weighted by atomic mass is 10.1. The van der Waals surface area contributed by atoms with Gasteiger partial charge < -0.3 is 10.2 Å². The molecule has 0 saturated heterocycles. The quantitative estimate of drug-likeness (QED) is 0.409. The summed E-state index contributed by atoms with van der Waals surface area (Å²) in [6.07, 6.45) is 2.61. The van der Waals surface area contributed by atoms with E-state index in [0.717, 1.165) is 44.0 Å². The third kappa shape index (κ3) is 7.38. The van der Waals surface area contributed by atoms with Crippen LogP contribution in [0.3, 0.4) is 0 Å². The second kappa shape index (κ2) is 11.6. The van der Waals surface area contributed by atoms with Crippen LogP contribution in [0.5, 0.6) is 0 Å². The molecular weight excluding hydrogens is 399 g/mol. The largest absolute Gasteiger partial charge is 0.357 e. The maximum Gasteiger partial charge on any atom is 0.193 e. The lowest BCUT2D eigenvalue weighted by Crippen LogP contribution is -2.39. The van der Waals surface area contributed by atoms with E-state index in [4.69, 9.17) is 0 Å². The fraction of sp³-hybridized carbons (Fsp3) is 0.562. The fourth-order valence-corrected chi connectivity index (χ4v) is 1.99. The van der Waals surface area contributed by atoms with E-state index in [1.165, 1.54) is 6.07 Å². The molecule has 126 valence electrons. The standard InChI is InChI=1S/C16H25F2N3.HI/c1-4-6-11-21(3)16(19-5-2)20-10-9-13-12-14(17)7-8-15(13)18;/h7-8,12H,4-6,9-11H2,1-3H3,(H,19,20);1H. The van der Waals surface area contributed by atoms with Crippen LogP contribution in [0.15, 0.2) is 23.2 Å². The topological polar surface area (TPSA) is 27.6 Å². The Labute approximate surface area is 149 Å². The lowest BCUT2D eigenvalue weighted by molar-refractivity contribution is 0.465. The number of hydrogen-bond donors (Lipinski definition) is 1. The minimum atomic E-state index is -0.414. The van der Waals surface area contributed by atoms with Crippen molar-refractivity contribution in [2.75, 3.05) is 26.7 Å². The second-order valence-electron chi connectivity index (χ2n) is 5.00. The minimum absolute atomic E-state index is 0. The smallest absolute Gasteiger partial charge is 0.193 e. The predicted molar refractivity (Wildman–Crippen MR) is 99.0 cm³/mol. The number of halogens is 3. The zero-order valence-electron chi connectivity index (χ0n) is 13.5. The molecule has 0 radical (unpaired) electrons. The summed E-state index contributed by atoms with van der Waals surface area (Å²) in [7, 11) is 1.99. The summed E-state index contributed by atoms with van der Waals surface area (Å²) >= 11 is 0. The highest BCUT2D eigenvalue weighted by molar-refractivity contribution is 14.0. The van der Waals surface area contributed by atoms with Crippen molar-refractivity contribution in [1.82, 2.24) is 10.2 Å². The van der Waals surface area contributed by atoms with E-state index in [-0.39, 0.29) is 29.8 Å². The molecule has 0 bridgehead atoms. The van der Waals surface area contributed by atoms with Crippen LogP contribution in [0.4, 0.5) is 8.78 Å². The Morgan fingerprint density at radius 2 is 2.00 bits per heavy atom. The zero-order valence-corrected chi connectivity index (χ0v) is 15.9. The van der Waals surface area contributed by atoms with Gasteiger partial charge in [0.1, 0.15) is 11.6 Å². The Kier molecular flexibility index (Phi) is 11.1. The van der Waals surface area contributed by atoms with Crippen molar-refractivity contribution in [2.45, 2.75) is 33.1 Å². The molecule has 3 nitrogen and oxygen atoms in total. The average Bonchev–Trinajstić information content (AvgIpc) is 2.47. The van der Waals surface area contributed by atoms with E-state index >= 15 is 0 Å². The highest BCUT2D eigenvalue weighted by Crippen LogP contribution is 2.10. The molecule has 6 heteroatoms. The third-order valence-corrected chi connectivity index (χ3v) is 3.19. The Balaban J connectivity index is 0.00000441. The van der Waals surface area contributed by atoms with E-state index in [1.54, 1.807) is 0 Å². The first-order chi connectivity index (χ1) is 10.1. The van der Waals surface area contributed by atoms with Gasteiger partial charge in [-0.2, -0.15) is 0 Å². The number of rotatable bonds is 7. The SMILES string of the molecule is CCCCN(C)C(=NCCc1cc(F)ccc1F)NCC.I. The summed E-state index contributed by atoms with van der Waals surface area (Å²) in [5.41, 5.74) is 0.366. The van der Waals surface area contributed by atoms with Gasteiger partial charge in [0.15, 0.2) is 5.96 Å². The van der Waals surface area contributed by atoms with Crippen molar-refractivity contribution in [3.63, 3.8) is 0 Å². The van der Waals surface area contributed by atoms with Gasteiger partial charge in [0.05, 0.1) is 0 Å². The summed E-state index contributed by atoms with van der Waals surface area (Å²) < 4.78 is 26.6. The Morgan fingerprint density at radius 3 is 2.64 bits per heavy atom. The average molecular weight is 425 g/mol. The van der Waals surface area contributed by atoms with Crippen LogP contribution in [0.25, 0.3) is 0 Å². The molecule has 0 spiro atoms. The van der Waals surface area contributed by atoms with Crippen molar-refractivity contribution in [3.05, 3.63) is 35.4 Å². The molecule has 1 N–H and O–H groups in total. The molecule has 0 heterocycles. The van der Waals surface area contributed by atoms with Gasteiger partial charge in [-0.3, -0.25) is 4.99 Å². The van der Waals surface area contributed by atoms with Gasteiger partial charge in [-0.1, -0.05) is 13.3 Å². The highest BCUT2D eigenvalue weighted by atomic mass is 127. The van der Waals surface area contributed by atoms with Crippen LogP contribution in [0, 0.1) is 11.6 Å². The molecule has 0 atom stereocenters. The minimum Gasteiger partial charge on any atom is -0.357 e. The number of nitrogens with one attached hydrogen (secondary N) is 1. The predicted octanol–water partition coefficient (Wildman–Crippen LogP) is 3.82. The maximum atomic E-state index is 13.5. The first-order valence-electron chi connectivity index (χ1n) is 7.51. The first-order valence-corrected chi connectivity index (χ1v) is 7.51. The molecule has 0 saturated carbocycles. The van der Waals surface area contributed by atoms with Gasteiger partial charge in [0.25, 0.3) is 0 Å². The van der Waals surface area contributed by atoms with Gasteiger partial charge in [-0.15, -0.1) is 24.0 Å². The normalized spacial score (nSPS) is 11.0. The molecular formula is C16H26F2IN3. The number of guanidine groups is 1. The number of hydrogen-bond acceptors (Lipinski definition) is 1. The third-order valence-electron chi connectivity index (χ3n) is 3.19. The van der Waals surface area contributed by atoms with Crippen LogP contribution < -0.4 is 5.32 Å². The number of aliphatic imine (C=N–C) groups is 1. The number of unbranched alkanes of at least 4 members (excludes halogenated alkanes) is 1. The molecule has 0 fully saturated rings. The lowest BCUT2D eigenvalue weighted by Gasteiger charge is -2.21. The molecule has 0 aliphatic heterocycles. The molecule has 1 rings (SSSR count). The monoisotopic (exact) mass is 425 g/mol. The molecule has 1 aromatic rings. The second-order valence-corrected chi connectivity index (χ2v) is 5.00. The first kappa shape index (κ1) is 21.1. The summed E-state index contributed by atoms with van der Waals surface area (Å²) in [6.45, 7) is 6.29. The molecule has 1 aromatic carbocycles. The van der Waals surface area contributed by atoms with Crippen molar-refractivity contribution in [2.24, 2.45) is 4.99 Å². The van der Waals surface area contributed by atoms with Gasteiger partial charge >= 0.3 is 0 Å². The van der Waals surface area contributed by atoms with Crippen molar-refractivity contribution in [1.29, 1.82) is 0 Å². The Bertz CT molecular complexity index is 467. The van der Waals surface area contributed by atoms with Gasteiger partial charge in [0.2, 0.25) is 0 Å². The van der Waals surface area contributed by atoms with Crippen LogP contribution in [-0.2, 0) is 6.42 Å². The summed E-state index contributed by atoms with van der Waals surface area (Å²) in [5.74, 6) is 0.0149. The molecule has 22 heavy (non-hydrogen) atoms. The van der Waals surface area contributed by atoms with Crippen molar-refractivity contribution < 1.29 is 8.78 Å². The van der Waals surface area contributed by atoms with Crippen LogP contribution in [-0.4, -0.2) is 37.5 Å². The van der Waals surface area contributed by atoms with Crippen LogP contribution >= 0.6 is 24.0 Å². The highest BCUT2D eigenvalue weighted by Gasteiger charge is 2.06. The van der Waals surface area contributed by atoms with Gasteiger partial charge in [0, 0.05) is 26.7 Å². The number of benzene rings is 1. The molecule has 0 aliphatic rings. The molecule has 0 aromatic heterocycles. The number of nitrogens with zero attached hydrogens (tertiary/aromatic N) is 2. The van der Waals surface area contributed by atoms with Crippen molar-refractivity contribution >= 4 is 29.9 Å². The van der Waals surface area contributed by atoms with E-state index in [1.807, 2.05) is 14.0 Å². The Morgan fingerprint density at radius 1 is 1.27 bits per heavy atom. The van der Waals surface area contributed by atoms with Gasteiger partial charge in [-0.25, -0.2) is 8.78 Å². The molecule has 0 unspecified atom stereocenters. The van der Waals surface area contributed by atoms with E-state index < -0.39 is 5.82 Å². The van der Waals surface area contributed by atoms with Gasteiger partial charge in [-0.05, 0) is 43.5 Å². The maximum absolute atomic E-state index is 13.5. The zero-order chi connectivity index (χ0) is 15.7. The van der Waals surface area contributed by atoms with E-state index in [9.17, 15) is 8.78 Å². The molecule has 0 aliphatic carbocycles. The fourth-order valence-electron chi connectivity index (χ4n) is 1.99. The van der Waals surface area contributed by atoms with Crippen molar-refractivity contribution in [3.8, 4) is 0 Å². The van der Waals surface area contributed by atoms with Crippen LogP contribution in [0.2, 0.25) is 0 Å². The van der Waals surface area contributed by atoms with E-state index in [2.05, 4.69) is 22.1 Å². The summed E-state index contributed by atoms with van der Waals surface area (Å²) in [6, 6.07) is 3.52.